The molecule has 0 bridgehead atoms. The summed E-state index contributed by atoms with van der Waals surface area (Å²) in [7, 11) is 3.11. The third kappa shape index (κ3) is 5.15. The Balaban J connectivity index is 1.44. The van der Waals surface area contributed by atoms with Crippen molar-refractivity contribution < 1.29 is 23.8 Å². The maximum Gasteiger partial charge on any atom is 0.339 e. The highest BCUT2D eigenvalue weighted by Gasteiger charge is 2.16. The number of fused-ring (bicyclic) bond motifs is 1. The van der Waals surface area contributed by atoms with Gasteiger partial charge in [-0.05, 0) is 29.8 Å². The van der Waals surface area contributed by atoms with Crippen LogP contribution in [0.2, 0.25) is 0 Å². The lowest BCUT2D eigenvalue weighted by molar-refractivity contribution is -0.124. The van der Waals surface area contributed by atoms with Crippen LogP contribution in [0.5, 0.6) is 11.5 Å². The Hall–Kier alpha value is -4.39. The van der Waals surface area contributed by atoms with Crippen molar-refractivity contribution in [3.63, 3.8) is 0 Å². The van der Waals surface area contributed by atoms with E-state index in [1.54, 1.807) is 32.4 Å². The molecule has 34 heavy (non-hydrogen) atoms. The molecular formula is C27H24N2O5. The number of benzene rings is 3. The predicted octanol–water partition coefficient (Wildman–Crippen LogP) is 4.39. The number of amides is 1. The van der Waals surface area contributed by atoms with Crippen LogP contribution in [-0.2, 0) is 16.1 Å². The molecule has 0 fully saturated rings. The molecule has 0 aliphatic heterocycles. The minimum Gasteiger partial charge on any atom is -0.493 e. The zero-order chi connectivity index (χ0) is 23.9. The number of hydrogen-bond acceptors (Lipinski definition) is 6. The lowest BCUT2D eigenvalue weighted by atomic mass is 10.0. The zero-order valence-electron chi connectivity index (χ0n) is 18.9. The van der Waals surface area contributed by atoms with Crippen LogP contribution < -0.4 is 14.8 Å². The highest BCUT2D eigenvalue weighted by molar-refractivity contribution is 6.05. The van der Waals surface area contributed by atoms with E-state index in [2.05, 4.69) is 10.3 Å². The van der Waals surface area contributed by atoms with Crippen LogP contribution in [0, 0.1) is 0 Å². The van der Waals surface area contributed by atoms with E-state index in [0.29, 0.717) is 33.7 Å². The van der Waals surface area contributed by atoms with Crippen LogP contribution in [-0.4, -0.2) is 37.7 Å². The molecule has 0 aliphatic carbocycles. The van der Waals surface area contributed by atoms with Gasteiger partial charge in [0.05, 0.1) is 31.0 Å². The number of rotatable bonds is 8. The number of nitrogens with zero attached hydrogens (tertiary/aromatic N) is 1. The van der Waals surface area contributed by atoms with Crippen LogP contribution >= 0.6 is 0 Å². The van der Waals surface area contributed by atoms with E-state index in [9.17, 15) is 9.59 Å². The molecule has 0 spiro atoms. The van der Waals surface area contributed by atoms with Gasteiger partial charge in [0.1, 0.15) is 0 Å². The summed E-state index contributed by atoms with van der Waals surface area (Å²) in [6.07, 6.45) is 0. The number of pyridine rings is 1. The van der Waals surface area contributed by atoms with Crippen LogP contribution in [0.1, 0.15) is 15.9 Å². The SMILES string of the molecule is COc1ccc(CNC(=O)COC(=O)c2cc(-c3ccccc3)nc3ccccc23)cc1OC. The Morgan fingerprint density at radius 3 is 2.35 bits per heavy atom. The highest BCUT2D eigenvalue weighted by Crippen LogP contribution is 2.27. The van der Waals surface area contributed by atoms with E-state index in [1.807, 2.05) is 60.7 Å². The van der Waals surface area contributed by atoms with Crippen molar-refractivity contribution in [2.75, 3.05) is 20.8 Å². The van der Waals surface area contributed by atoms with E-state index in [-0.39, 0.29) is 6.54 Å². The molecule has 4 rings (SSSR count). The molecule has 7 heteroatoms. The first-order valence-corrected chi connectivity index (χ1v) is 10.7. The number of methoxy groups -OCH3 is 2. The largest absolute Gasteiger partial charge is 0.493 e. The van der Waals surface area contributed by atoms with Gasteiger partial charge in [-0.15, -0.1) is 0 Å². The second-order valence-electron chi connectivity index (χ2n) is 7.48. The number of carbonyl (C=O) groups excluding carboxylic acids is 2. The quantitative estimate of drug-likeness (QED) is 0.396. The fourth-order valence-electron chi connectivity index (χ4n) is 3.55. The fourth-order valence-corrected chi connectivity index (χ4v) is 3.55. The standard InChI is InChI=1S/C27H24N2O5/c1-32-24-13-12-18(14-25(24)33-2)16-28-26(30)17-34-27(31)21-15-23(19-8-4-3-5-9-19)29-22-11-7-6-10-20(21)22/h3-15H,16-17H2,1-2H3,(H,28,30). The molecule has 0 saturated heterocycles. The first-order valence-electron chi connectivity index (χ1n) is 10.7. The Morgan fingerprint density at radius 1 is 0.853 bits per heavy atom. The normalized spacial score (nSPS) is 10.5. The molecule has 4 aromatic rings. The van der Waals surface area contributed by atoms with Crippen LogP contribution in [0.3, 0.4) is 0 Å². The molecule has 7 nitrogen and oxygen atoms in total. The average molecular weight is 456 g/mol. The zero-order valence-corrected chi connectivity index (χ0v) is 18.9. The summed E-state index contributed by atoms with van der Waals surface area (Å²) in [5.41, 5.74) is 3.40. The number of hydrogen-bond donors (Lipinski definition) is 1. The Morgan fingerprint density at radius 2 is 1.59 bits per heavy atom. The molecule has 1 heterocycles. The maximum atomic E-state index is 12.9. The van der Waals surface area contributed by atoms with Gasteiger partial charge in [0.25, 0.3) is 5.91 Å². The minimum absolute atomic E-state index is 0.257. The van der Waals surface area contributed by atoms with Crippen LogP contribution in [0.4, 0.5) is 0 Å². The van der Waals surface area contributed by atoms with E-state index < -0.39 is 18.5 Å². The van der Waals surface area contributed by atoms with E-state index in [0.717, 1.165) is 11.1 Å². The number of ether oxygens (including phenoxy) is 3. The van der Waals surface area contributed by atoms with E-state index in [4.69, 9.17) is 14.2 Å². The molecule has 172 valence electrons. The summed E-state index contributed by atoms with van der Waals surface area (Å²) < 4.78 is 15.8. The van der Waals surface area contributed by atoms with Gasteiger partial charge in [-0.25, -0.2) is 9.78 Å². The van der Waals surface area contributed by atoms with Gasteiger partial charge in [-0.3, -0.25) is 4.79 Å². The average Bonchev–Trinajstić information content (AvgIpc) is 2.90. The highest BCUT2D eigenvalue weighted by atomic mass is 16.5. The molecule has 0 aliphatic rings. The summed E-state index contributed by atoms with van der Waals surface area (Å²) in [6, 6.07) is 24.0. The molecule has 0 atom stereocenters. The molecular weight excluding hydrogens is 432 g/mol. The second-order valence-corrected chi connectivity index (χ2v) is 7.48. The van der Waals surface area contributed by atoms with Crippen molar-refractivity contribution >= 4 is 22.8 Å². The van der Waals surface area contributed by atoms with E-state index in [1.165, 1.54) is 0 Å². The molecule has 1 aromatic heterocycles. The third-order valence-corrected chi connectivity index (χ3v) is 5.28. The van der Waals surface area contributed by atoms with Crippen molar-refractivity contribution in [1.29, 1.82) is 0 Å². The number of aromatic nitrogens is 1. The monoisotopic (exact) mass is 456 g/mol. The number of para-hydroxylation sites is 1. The summed E-state index contributed by atoms with van der Waals surface area (Å²) in [6.45, 7) is -0.142. The summed E-state index contributed by atoms with van der Waals surface area (Å²) in [5, 5.41) is 3.41. The number of nitrogens with one attached hydrogen (secondary N) is 1. The lowest BCUT2D eigenvalue weighted by Crippen LogP contribution is -2.28. The summed E-state index contributed by atoms with van der Waals surface area (Å²) in [5.74, 6) is 0.173. The van der Waals surface area contributed by atoms with Crippen molar-refractivity contribution in [2.45, 2.75) is 6.54 Å². The molecule has 1 amide bonds. The lowest BCUT2D eigenvalue weighted by Gasteiger charge is -2.11. The van der Waals surface area contributed by atoms with Gasteiger partial charge in [0.15, 0.2) is 18.1 Å². The van der Waals surface area contributed by atoms with Crippen molar-refractivity contribution in [3.05, 3.63) is 90.0 Å². The Labute approximate surface area is 197 Å². The van der Waals surface area contributed by atoms with Crippen molar-refractivity contribution in [2.24, 2.45) is 0 Å². The summed E-state index contributed by atoms with van der Waals surface area (Å²) in [4.78, 5) is 29.9. The topological polar surface area (TPSA) is 86.8 Å². The van der Waals surface area contributed by atoms with Gasteiger partial charge in [-0.1, -0.05) is 54.6 Å². The van der Waals surface area contributed by atoms with Gasteiger partial charge >= 0.3 is 5.97 Å². The van der Waals surface area contributed by atoms with Gasteiger partial charge in [0.2, 0.25) is 0 Å². The molecule has 0 radical (unpaired) electrons. The predicted molar refractivity (Wildman–Crippen MR) is 129 cm³/mol. The molecule has 0 saturated carbocycles. The fraction of sp³-hybridized carbons (Fsp3) is 0.148. The first-order chi connectivity index (χ1) is 16.6. The number of esters is 1. The minimum atomic E-state index is -0.586. The number of carbonyl (C=O) groups is 2. The second kappa shape index (κ2) is 10.5. The smallest absolute Gasteiger partial charge is 0.339 e. The van der Waals surface area contributed by atoms with Gasteiger partial charge in [-0.2, -0.15) is 0 Å². The van der Waals surface area contributed by atoms with E-state index >= 15 is 0 Å². The maximum absolute atomic E-state index is 12.9. The molecule has 3 aromatic carbocycles. The molecule has 1 N–H and O–H groups in total. The van der Waals surface area contributed by atoms with Crippen LogP contribution in [0.15, 0.2) is 78.9 Å². The third-order valence-electron chi connectivity index (χ3n) is 5.28. The van der Waals surface area contributed by atoms with Gasteiger partial charge in [0, 0.05) is 17.5 Å². The molecule has 0 unspecified atom stereocenters. The Bertz CT molecular complexity index is 1320. The summed E-state index contributed by atoms with van der Waals surface area (Å²) >= 11 is 0. The Kier molecular flexibility index (Phi) is 7.03. The van der Waals surface area contributed by atoms with Crippen molar-refractivity contribution in [3.8, 4) is 22.8 Å². The van der Waals surface area contributed by atoms with Crippen molar-refractivity contribution in [1.82, 2.24) is 10.3 Å². The van der Waals surface area contributed by atoms with Crippen LogP contribution in [0.25, 0.3) is 22.2 Å². The first kappa shape index (κ1) is 22.8. The van der Waals surface area contributed by atoms with Gasteiger partial charge < -0.3 is 19.5 Å².